The van der Waals surface area contributed by atoms with Gasteiger partial charge in [0.25, 0.3) is 11.8 Å². The molecule has 1 aromatic rings. The zero-order valence-electron chi connectivity index (χ0n) is 11.4. The van der Waals surface area contributed by atoms with E-state index in [9.17, 15) is 9.59 Å². The molecule has 1 aromatic carbocycles. The quantitative estimate of drug-likeness (QED) is 0.655. The molecule has 2 bridgehead atoms. The number of ether oxygens (including phenoxy) is 2. The molecule has 2 atom stereocenters. The molecule has 0 aromatic heterocycles. The fraction of sp³-hybridized carbons (Fsp3) is 0.357. The summed E-state index contributed by atoms with van der Waals surface area (Å²) in [5, 5.41) is 0. The zero-order chi connectivity index (χ0) is 15.1. The van der Waals surface area contributed by atoms with Gasteiger partial charge in [-0.25, -0.2) is 4.90 Å². The van der Waals surface area contributed by atoms with Gasteiger partial charge in [-0.2, -0.15) is 0 Å². The van der Waals surface area contributed by atoms with Gasteiger partial charge < -0.3 is 15.2 Å². The number of morpholine rings is 1. The van der Waals surface area contributed by atoms with Crippen molar-refractivity contribution < 1.29 is 19.1 Å². The summed E-state index contributed by atoms with van der Waals surface area (Å²) >= 11 is 4.92. The fourth-order valence-electron chi connectivity index (χ4n) is 2.65. The van der Waals surface area contributed by atoms with Gasteiger partial charge in [0.2, 0.25) is 0 Å². The summed E-state index contributed by atoms with van der Waals surface area (Å²) < 4.78 is 10.7. The Bertz CT molecular complexity index is 624. The van der Waals surface area contributed by atoms with Gasteiger partial charge in [-0.05, 0) is 31.0 Å². The van der Waals surface area contributed by atoms with E-state index in [0.717, 1.165) is 4.90 Å². The van der Waals surface area contributed by atoms with Gasteiger partial charge in [0.1, 0.15) is 22.9 Å². The first-order valence-corrected chi connectivity index (χ1v) is 6.95. The lowest BCUT2D eigenvalue weighted by Crippen LogP contribution is -2.52. The second kappa shape index (κ2) is 5.09. The highest BCUT2D eigenvalue weighted by atomic mass is 32.1. The lowest BCUT2D eigenvalue weighted by Gasteiger charge is -2.30. The molecular weight excluding hydrogens is 292 g/mol. The molecule has 6 nitrogen and oxygen atoms in total. The Labute approximate surface area is 126 Å². The van der Waals surface area contributed by atoms with Gasteiger partial charge in [0.05, 0.1) is 12.8 Å². The first-order valence-electron chi connectivity index (χ1n) is 6.54. The molecule has 7 heteroatoms. The molecule has 2 saturated heterocycles. The van der Waals surface area contributed by atoms with E-state index in [4.69, 9.17) is 27.4 Å². The normalized spacial score (nSPS) is 24.3. The third-order valence-electron chi connectivity index (χ3n) is 3.72. The summed E-state index contributed by atoms with van der Waals surface area (Å²) in [5.41, 5.74) is 6.59. The highest BCUT2D eigenvalue weighted by Crippen LogP contribution is 2.36. The van der Waals surface area contributed by atoms with E-state index in [1.165, 1.54) is 7.11 Å². The second-order valence-corrected chi connectivity index (χ2v) is 5.39. The van der Waals surface area contributed by atoms with Crippen molar-refractivity contribution >= 4 is 34.7 Å². The van der Waals surface area contributed by atoms with Crippen molar-refractivity contribution in [3.63, 3.8) is 0 Å². The minimum Gasteiger partial charge on any atom is -0.495 e. The predicted molar refractivity (Wildman–Crippen MR) is 79.3 cm³/mol. The van der Waals surface area contributed by atoms with Crippen LogP contribution in [0.4, 0.5) is 5.69 Å². The summed E-state index contributed by atoms with van der Waals surface area (Å²) in [6.45, 7) is 0. The van der Waals surface area contributed by atoms with Crippen LogP contribution < -0.4 is 15.4 Å². The van der Waals surface area contributed by atoms with E-state index < -0.39 is 12.2 Å². The number of nitrogens with zero attached hydrogens (tertiary/aromatic N) is 1. The number of imide groups is 1. The summed E-state index contributed by atoms with van der Waals surface area (Å²) in [7, 11) is 1.46. The Morgan fingerprint density at radius 1 is 1.33 bits per heavy atom. The van der Waals surface area contributed by atoms with E-state index in [0.29, 0.717) is 29.8 Å². The molecule has 2 amide bonds. The average Bonchev–Trinajstić information content (AvgIpc) is 2.92. The Morgan fingerprint density at radius 3 is 2.48 bits per heavy atom. The molecule has 2 N–H and O–H groups in total. The number of methoxy groups -OCH3 is 1. The molecule has 0 aliphatic carbocycles. The number of nitrogens with two attached hydrogens (primary N) is 1. The number of hydrogen-bond acceptors (Lipinski definition) is 5. The molecule has 0 spiro atoms. The summed E-state index contributed by atoms with van der Waals surface area (Å²) in [6.07, 6.45) is 0.0400. The average molecular weight is 306 g/mol. The highest BCUT2D eigenvalue weighted by Gasteiger charge is 2.47. The molecular formula is C14H14N2O4S. The Balaban J connectivity index is 2.05. The summed E-state index contributed by atoms with van der Waals surface area (Å²) in [5.74, 6) is -0.325. The molecule has 21 heavy (non-hydrogen) atoms. The zero-order valence-corrected chi connectivity index (χ0v) is 12.2. The van der Waals surface area contributed by atoms with Crippen molar-refractivity contribution in [2.45, 2.75) is 25.0 Å². The monoisotopic (exact) mass is 306 g/mol. The molecule has 110 valence electrons. The van der Waals surface area contributed by atoms with Gasteiger partial charge in [-0.1, -0.05) is 12.2 Å². The van der Waals surface area contributed by atoms with Crippen LogP contribution in [0.2, 0.25) is 0 Å². The molecule has 3 rings (SSSR count). The molecule has 2 heterocycles. The lowest BCUT2D eigenvalue weighted by atomic mass is 10.1. The van der Waals surface area contributed by atoms with Crippen molar-refractivity contribution in [3.8, 4) is 5.75 Å². The molecule has 2 fully saturated rings. The smallest absolute Gasteiger partial charge is 0.263 e. The Morgan fingerprint density at radius 2 is 1.95 bits per heavy atom. The third-order valence-corrected chi connectivity index (χ3v) is 3.95. The summed E-state index contributed by atoms with van der Waals surface area (Å²) in [6, 6.07) is 4.90. The van der Waals surface area contributed by atoms with Crippen LogP contribution in [0.15, 0.2) is 18.2 Å². The number of benzene rings is 1. The standard InChI is InChI=1S/C14H14N2O4S/c1-19-11-6-7(12(15)21)2-3-8(11)16-13(17)9-4-5-10(20-9)14(16)18/h2-3,6,9-10H,4-5H2,1H3,(H2,15,21). The van der Waals surface area contributed by atoms with Crippen LogP contribution in [0.5, 0.6) is 5.75 Å². The minimum atomic E-state index is -0.548. The lowest BCUT2D eigenvalue weighted by molar-refractivity contribution is -0.146. The van der Waals surface area contributed by atoms with Crippen LogP contribution in [0.1, 0.15) is 18.4 Å². The minimum absolute atomic E-state index is 0.222. The largest absolute Gasteiger partial charge is 0.495 e. The topological polar surface area (TPSA) is 81.9 Å². The van der Waals surface area contributed by atoms with Crippen molar-refractivity contribution in [1.82, 2.24) is 0 Å². The number of anilines is 1. The van der Waals surface area contributed by atoms with Crippen molar-refractivity contribution in [3.05, 3.63) is 23.8 Å². The maximum atomic E-state index is 12.4. The molecule has 2 aliphatic rings. The molecule has 2 aliphatic heterocycles. The first kappa shape index (κ1) is 14.0. The third kappa shape index (κ3) is 2.18. The Hall–Kier alpha value is -1.99. The van der Waals surface area contributed by atoms with E-state index >= 15 is 0 Å². The second-order valence-electron chi connectivity index (χ2n) is 4.95. The maximum Gasteiger partial charge on any atom is 0.263 e. The molecule has 0 saturated carbocycles. The van der Waals surface area contributed by atoms with Crippen molar-refractivity contribution in [2.24, 2.45) is 5.73 Å². The van der Waals surface area contributed by atoms with Gasteiger partial charge in [-0.3, -0.25) is 9.59 Å². The Kier molecular flexibility index (Phi) is 3.38. The maximum absolute atomic E-state index is 12.4. The van der Waals surface area contributed by atoms with Gasteiger partial charge in [0.15, 0.2) is 0 Å². The summed E-state index contributed by atoms with van der Waals surface area (Å²) in [4.78, 5) is 26.1. The van der Waals surface area contributed by atoms with E-state index in [-0.39, 0.29) is 16.8 Å². The molecule has 0 radical (unpaired) electrons. The number of rotatable bonds is 3. The van der Waals surface area contributed by atoms with E-state index in [1.54, 1.807) is 18.2 Å². The number of fused-ring (bicyclic) bond motifs is 2. The van der Waals surface area contributed by atoms with Crippen LogP contribution in [-0.2, 0) is 14.3 Å². The van der Waals surface area contributed by atoms with Crippen LogP contribution in [0.25, 0.3) is 0 Å². The van der Waals surface area contributed by atoms with Crippen LogP contribution in [-0.4, -0.2) is 36.1 Å². The first-order chi connectivity index (χ1) is 10.0. The van der Waals surface area contributed by atoms with Crippen LogP contribution in [0, 0.1) is 0 Å². The molecule has 2 unspecified atom stereocenters. The van der Waals surface area contributed by atoms with Crippen LogP contribution in [0.3, 0.4) is 0 Å². The number of thiocarbonyl (C=S) groups is 1. The van der Waals surface area contributed by atoms with Crippen molar-refractivity contribution in [1.29, 1.82) is 0 Å². The fourth-order valence-corrected chi connectivity index (χ4v) is 2.78. The predicted octanol–water partition coefficient (Wildman–Crippen LogP) is 0.750. The van der Waals surface area contributed by atoms with Gasteiger partial charge in [0, 0.05) is 5.56 Å². The number of carbonyl (C=O) groups excluding carboxylic acids is 2. The highest BCUT2D eigenvalue weighted by molar-refractivity contribution is 7.80. The van der Waals surface area contributed by atoms with Crippen LogP contribution >= 0.6 is 12.2 Å². The number of carbonyl (C=O) groups is 2. The van der Waals surface area contributed by atoms with Gasteiger partial charge >= 0.3 is 0 Å². The van der Waals surface area contributed by atoms with Crippen molar-refractivity contribution in [2.75, 3.05) is 12.0 Å². The van der Waals surface area contributed by atoms with E-state index in [1.807, 2.05) is 0 Å². The SMILES string of the molecule is COc1cc(C(N)=S)ccc1N1C(=O)C2CCC(O2)C1=O. The van der Waals surface area contributed by atoms with Gasteiger partial charge in [-0.15, -0.1) is 0 Å². The number of amides is 2. The van der Waals surface area contributed by atoms with E-state index in [2.05, 4.69) is 0 Å². The number of hydrogen-bond donors (Lipinski definition) is 1.